The lowest BCUT2D eigenvalue weighted by molar-refractivity contribution is 0.0696. The van der Waals surface area contributed by atoms with Crippen molar-refractivity contribution in [3.63, 3.8) is 0 Å². The topological polar surface area (TPSA) is 46.5 Å². The van der Waals surface area contributed by atoms with E-state index in [-0.39, 0.29) is 5.56 Å². The molecule has 0 spiro atoms. The number of ether oxygens (including phenoxy) is 1. The second-order valence-corrected chi connectivity index (χ2v) is 4.35. The predicted octanol–water partition coefficient (Wildman–Crippen LogP) is 4.05. The van der Waals surface area contributed by atoms with Gasteiger partial charge < -0.3 is 9.84 Å². The molecule has 0 saturated carbocycles. The first-order valence-corrected chi connectivity index (χ1v) is 6.21. The molecule has 0 saturated heterocycles. The maximum atomic E-state index is 11.0. The molecule has 0 heterocycles. The number of hydrogen-bond acceptors (Lipinski definition) is 2. The zero-order valence-electron chi connectivity index (χ0n) is 11.0. The highest BCUT2D eigenvalue weighted by Gasteiger charge is 2.09. The molecular weight excluding hydrogens is 240 g/mol. The van der Waals surface area contributed by atoms with Gasteiger partial charge in [-0.25, -0.2) is 4.79 Å². The Kier molecular flexibility index (Phi) is 3.85. The molecule has 19 heavy (non-hydrogen) atoms. The predicted molar refractivity (Wildman–Crippen MR) is 74.0 cm³/mol. The average molecular weight is 256 g/mol. The number of carbonyl (C=O) groups is 1. The van der Waals surface area contributed by atoms with Gasteiger partial charge in [0.25, 0.3) is 0 Å². The molecule has 0 aromatic heterocycles. The van der Waals surface area contributed by atoms with Gasteiger partial charge in [0.05, 0.1) is 5.56 Å². The van der Waals surface area contributed by atoms with Crippen molar-refractivity contribution in [3.05, 3.63) is 59.2 Å². The number of hydrogen-bond donors (Lipinski definition) is 1. The summed E-state index contributed by atoms with van der Waals surface area (Å²) in [4.78, 5) is 11.0. The van der Waals surface area contributed by atoms with Crippen LogP contribution in [0.4, 0.5) is 0 Å². The standard InChI is InChI=1S/C16H16O3/c1-3-12-6-4-5-7-14(12)19-15-10-13(16(17)18)9-8-11(15)2/h4-10H,3H2,1-2H3,(H,17,18). The Hall–Kier alpha value is -2.29. The summed E-state index contributed by atoms with van der Waals surface area (Å²) in [6.07, 6.45) is 0.869. The highest BCUT2D eigenvalue weighted by molar-refractivity contribution is 5.88. The third-order valence-electron chi connectivity index (χ3n) is 3.01. The van der Waals surface area contributed by atoms with Gasteiger partial charge in [-0.05, 0) is 42.7 Å². The third-order valence-corrected chi connectivity index (χ3v) is 3.01. The number of aromatic carboxylic acids is 1. The van der Waals surface area contributed by atoms with Crippen LogP contribution in [-0.2, 0) is 6.42 Å². The van der Waals surface area contributed by atoms with E-state index in [9.17, 15) is 4.79 Å². The Bertz CT molecular complexity index is 603. The summed E-state index contributed by atoms with van der Waals surface area (Å²) < 4.78 is 5.86. The van der Waals surface area contributed by atoms with E-state index in [0.717, 1.165) is 23.3 Å². The second kappa shape index (κ2) is 5.57. The van der Waals surface area contributed by atoms with Crippen LogP contribution in [0.5, 0.6) is 11.5 Å². The molecule has 0 aliphatic rings. The fourth-order valence-corrected chi connectivity index (χ4v) is 1.86. The van der Waals surface area contributed by atoms with Crippen molar-refractivity contribution in [1.82, 2.24) is 0 Å². The number of rotatable bonds is 4. The van der Waals surface area contributed by atoms with Crippen molar-refractivity contribution >= 4 is 5.97 Å². The lowest BCUT2D eigenvalue weighted by Crippen LogP contribution is -1.98. The van der Waals surface area contributed by atoms with E-state index in [1.54, 1.807) is 18.2 Å². The number of para-hydroxylation sites is 1. The second-order valence-electron chi connectivity index (χ2n) is 4.35. The molecule has 0 radical (unpaired) electrons. The van der Waals surface area contributed by atoms with Crippen molar-refractivity contribution in [2.75, 3.05) is 0 Å². The summed E-state index contributed by atoms with van der Waals surface area (Å²) in [6.45, 7) is 3.96. The summed E-state index contributed by atoms with van der Waals surface area (Å²) in [7, 11) is 0. The minimum atomic E-state index is -0.950. The highest BCUT2D eigenvalue weighted by atomic mass is 16.5. The Balaban J connectivity index is 2.37. The quantitative estimate of drug-likeness (QED) is 0.897. The lowest BCUT2D eigenvalue weighted by Gasteiger charge is -2.12. The average Bonchev–Trinajstić information content (AvgIpc) is 2.41. The van der Waals surface area contributed by atoms with Crippen molar-refractivity contribution in [2.24, 2.45) is 0 Å². The van der Waals surface area contributed by atoms with Crippen LogP contribution >= 0.6 is 0 Å². The molecule has 0 aliphatic carbocycles. The summed E-state index contributed by atoms with van der Waals surface area (Å²) in [5.74, 6) is 0.407. The van der Waals surface area contributed by atoms with Gasteiger partial charge >= 0.3 is 5.97 Å². The van der Waals surface area contributed by atoms with Gasteiger partial charge in [-0.2, -0.15) is 0 Å². The number of carboxylic acid groups (broad SMARTS) is 1. The van der Waals surface area contributed by atoms with E-state index in [4.69, 9.17) is 9.84 Å². The van der Waals surface area contributed by atoms with Gasteiger partial charge in [-0.15, -0.1) is 0 Å². The van der Waals surface area contributed by atoms with Crippen LogP contribution in [0.25, 0.3) is 0 Å². The van der Waals surface area contributed by atoms with Gasteiger partial charge in [0.1, 0.15) is 11.5 Å². The number of benzene rings is 2. The summed E-state index contributed by atoms with van der Waals surface area (Å²) >= 11 is 0. The minimum Gasteiger partial charge on any atom is -0.478 e. The van der Waals surface area contributed by atoms with Gasteiger partial charge in [-0.3, -0.25) is 0 Å². The smallest absolute Gasteiger partial charge is 0.335 e. The summed E-state index contributed by atoms with van der Waals surface area (Å²) in [5, 5.41) is 9.01. The molecule has 0 amide bonds. The molecular formula is C16H16O3. The van der Waals surface area contributed by atoms with Crippen LogP contribution in [0.15, 0.2) is 42.5 Å². The Morgan fingerprint density at radius 1 is 1.16 bits per heavy atom. The first kappa shape index (κ1) is 13.1. The molecule has 3 heteroatoms. The molecule has 3 nitrogen and oxygen atoms in total. The molecule has 2 aromatic carbocycles. The fourth-order valence-electron chi connectivity index (χ4n) is 1.86. The van der Waals surface area contributed by atoms with Crippen LogP contribution in [0.2, 0.25) is 0 Å². The van der Waals surface area contributed by atoms with Crippen LogP contribution < -0.4 is 4.74 Å². The van der Waals surface area contributed by atoms with Crippen LogP contribution in [0.3, 0.4) is 0 Å². The molecule has 1 N–H and O–H groups in total. The van der Waals surface area contributed by atoms with E-state index in [1.165, 1.54) is 0 Å². The molecule has 2 aromatic rings. The van der Waals surface area contributed by atoms with Crippen LogP contribution in [0.1, 0.15) is 28.4 Å². The van der Waals surface area contributed by atoms with Crippen molar-refractivity contribution < 1.29 is 14.6 Å². The van der Waals surface area contributed by atoms with Gasteiger partial charge in [0.15, 0.2) is 0 Å². The van der Waals surface area contributed by atoms with E-state index in [1.807, 2.05) is 31.2 Å². The third kappa shape index (κ3) is 2.94. The Labute approximate surface area is 112 Å². The molecule has 0 aliphatic heterocycles. The summed E-state index contributed by atoms with van der Waals surface area (Å²) in [5.41, 5.74) is 2.24. The highest BCUT2D eigenvalue weighted by Crippen LogP contribution is 2.29. The first-order chi connectivity index (χ1) is 9.11. The maximum Gasteiger partial charge on any atom is 0.335 e. The molecule has 0 unspecified atom stereocenters. The van der Waals surface area contributed by atoms with E-state index < -0.39 is 5.97 Å². The van der Waals surface area contributed by atoms with E-state index in [0.29, 0.717) is 5.75 Å². The summed E-state index contributed by atoms with van der Waals surface area (Å²) in [6, 6.07) is 12.7. The maximum absolute atomic E-state index is 11.0. The first-order valence-electron chi connectivity index (χ1n) is 6.21. The molecule has 0 bridgehead atoms. The van der Waals surface area contributed by atoms with Gasteiger partial charge in [0.2, 0.25) is 0 Å². The zero-order valence-corrected chi connectivity index (χ0v) is 11.0. The fraction of sp³-hybridized carbons (Fsp3) is 0.188. The van der Waals surface area contributed by atoms with Crippen molar-refractivity contribution in [3.8, 4) is 11.5 Å². The molecule has 0 fully saturated rings. The lowest BCUT2D eigenvalue weighted by atomic mass is 10.1. The van der Waals surface area contributed by atoms with Gasteiger partial charge in [0, 0.05) is 0 Å². The van der Waals surface area contributed by atoms with Crippen molar-refractivity contribution in [1.29, 1.82) is 0 Å². The Morgan fingerprint density at radius 3 is 2.58 bits per heavy atom. The molecule has 2 rings (SSSR count). The van der Waals surface area contributed by atoms with E-state index >= 15 is 0 Å². The minimum absolute atomic E-state index is 0.231. The zero-order chi connectivity index (χ0) is 13.8. The normalized spacial score (nSPS) is 10.2. The SMILES string of the molecule is CCc1ccccc1Oc1cc(C(=O)O)ccc1C. The molecule has 98 valence electrons. The monoisotopic (exact) mass is 256 g/mol. The largest absolute Gasteiger partial charge is 0.478 e. The van der Waals surface area contributed by atoms with Crippen LogP contribution in [0, 0.1) is 6.92 Å². The van der Waals surface area contributed by atoms with Gasteiger partial charge in [-0.1, -0.05) is 31.2 Å². The number of aryl methyl sites for hydroxylation is 2. The molecule has 0 atom stereocenters. The Morgan fingerprint density at radius 2 is 1.89 bits per heavy atom. The number of carboxylic acids is 1. The van der Waals surface area contributed by atoms with E-state index in [2.05, 4.69) is 6.92 Å². The van der Waals surface area contributed by atoms with Crippen LogP contribution in [-0.4, -0.2) is 11.1 Å². The van der Waals surface area contributed by atoms with Crippen molar-refractivity contribution in [2.45, 2.75) is 20.3 Å².